The molecular formula is C14H17F2N3O2. The number of nitrogens with two attached hydrogens (primary N) is 1. The molecule has 0 aromatic heterocycles. The van der Waals surface area contributed by atoms with Gasteiger partial charge in [0.2, 0.25) is 0 Å². The molecule has 1 saturated heterocycles. The molecular weight excluding hydrogens is 280 g/mol. The lowest BCUT2D eigenvalue weighted by molar-refractivity contribution is -0.127. The number of amides is 3. The summed E-state index contributed by atoms with van der Waals surface area (Å²) in [5, 5.41) is 2.58. The van der Waals surface area contributed by atoms with Crippen LogP contribution in [0.4, 0.5) is 13.6 Å². The number of rotatable bonds is 5. The van der Waals surface area contributed by atoms with Gasteiger partial charge >= 0.3 is 6.03 Å². The Bertz CT molecular complexity index is 565. The van der Waals surface area contributed by atoms with Gasteiger partial charge < -0.3 is 11.1 Å². The number of benzene rings is 1. The molecule has 1 aromatic carbocycles. The van der Waals surface area contributed by atoms with Gasteiger partial charge in [0.15, 0.2) is 11.6 Å². The van der Waals surface area contributed by atoms with Crippen LogP contribution in [0.2, 0.25) is 0 Å². The molecule has 1 aliphatic heterocycles. The Morgan fingerprint density at radius 3 is 2.67 bits per heavy atom. The standard InChI is InChI=1S/C14H17F2N3O2/c1-2-3-12-13(20)19(14(21)18-12)7-11(17)8-4-5-9(15)10(16)6-8/h4-6,11-12H,2-3,7,17H2,1H3,(H,18,21). The molecule has 5 nitrogen and oxygen atoms in total. The van der Waals surface area contributed by atoms with Gasteiger partial charge in [0.1, 0.15) is 6.04 Å². The van der Waals surface area contributed by atoms with Crippen LogP contribution in [0.5, 0.6) is 0 Å². The summed E-state index contributed by atoms with van der Waals surface area (Å²) >= 11 is 0. The van der Waals surface area contributed by atoms with Gasteiger partial charge in [-0.2, -0.15) is 0 Å². The zero-order chi connectivity index (χ0) is 15.6. The number of hydrogen-bond donors (Lipinski definition) is 2. The first-order valence-electron chi connectivity index (χ1n) is 6.76. The Morgan fingerprint density at radius 1 is 1.33 bits per heavy atom. The van der Waals surface area contributed by atoms with E-state index in [0.717, 1.165) is 23.5 Å². The van der Waals surface area contributed by atoms with Crippen LogP contribution in [-0.2, 0) is 4.79 Å². The number of urea groups is 1. The second-order valence-electron chi connectivity index (χ2n) is 5.02. The molecule has 0 spiro atoms. The quantitative estimate of drug-likeness (QED) is 0.812. The highest BCUT2D eigenvalue weighted by Crippen LogP contribution is 2.18. The SMILES string of the molecule is CCCC1NC(=O)N(CC(N)c2ccc(F)c(F)c2)C1=O. The molecule has 0 bridgehead atoms. The molecule has 0 saturated carbocycles. The lowest BCUT2D eigenvalue weighted by Crippen LogP contribution is -2.37. The van der Waals surface area contributed by atoms with Crippen LogP contribution < -0.4 is 11.1 Å². The second kappa shape index (κ2) is 6.17. The van der Waals surface area contributed by atoms with E-state index in [1.54, 1.807) is 0 Å². The summed E-state index contributed by atoms with van der Waals surface area (Å²) in [5.41, 5.74) is 6.20. The molecule has 2 unspecified atom stereocenters. The van der Waals surface area contributed by atoms with Gasteiger partial charge in [0.25, 0.3) is 5.91 Å². The summed E-state index contributed by atoms with van der Waals surface area (Å²) in [6.45, 7) is 1.84. The fraction of sp³-hybridized carbons (Fsp3) is 0.429. The Labute approximate surface area is 121 Å². The van der Waals surface area contributed by atoms with Gasteiger partial charge in [-0.05, 0) is 24.1 Å². The molecule has 0 radical (unpaired) electrons. The van der Waals surface area contributed by atoms with Crippen molar-refractivity contribution in [3.05, 3.63) is 35.4 Å². The van der Waals surface area contributed by atoms with Crippen LogP contribution in [0.25, 0.3) is 0 Å². The van der Waals surface area contributed by atoms with Crippen molar-refractivity contribution in [3.8, 4) is 0 Å². The maximum Gasteiger partial charge on any atom is 0.324 e. The van der Waals surface area contributed by atoms with E-state index in [9.17, 15) is 18.4 Å². The molecule has 2 atom stereocenters. The summed E-state index contributed by atoms with van der Waals surface area (Å²) in [4.78, 5) is 24.8. The summed E-state index contributed by atoms with van der Waals surface area (Å²) in [6, 6.07) is 1.48. The molecule has 21 heavy (non-hydrogen) atoms. The minimum atomic E-state index is -1.01. The third-order valence-electron chi connectivity index (χ3n) is 3.44. The highest BCUT2D eigenvalue weighted by atomic mass is 19.2. The van der Waals surface area contributed by atoms with Crippen molar-refractivity contribution in [3.63, 3.8) is 0 Å². The smallest absolute Gasteiger partial charge is 0.324 e. The topological polar surface area (TPSA) is 75.4 Å². The summed E-state index contributed by atoms with van der Waals surface area (Å²) < 4.78 is 26.1. The van der Waals surface area contributed by atoms with Gasteiger partial charge in [-0.1, -0.05) is 19.4 Å². The van der Waals surface area contributed by atoms with E-state index in [1.807, 2.05) is 6.92 Å². The number of nitrogens with one attached hydrogen (secondary N) is 1. The van der Waals surface area contributed by atoms with Crippen molar-refractivity contribution in [1.82, 2.24) is 10.2 Å². The summed E-state index contributed by atoms with van der Waals surface area (Å²) in [7, 11) is 0. The molecule has 2 rings (SSSR count). The van der Waals surface area contributed by atoms with Crippen LogP contribution in [-0.4, -0.2) is 29.4 Å². The normalized spacial score (nSPS) is 19.8. The Hall–Kier alpha value is -2.02. The van der Waals surface area contributed by atoms with E-state index in [-0.39, 0.29) is 12.5 Å². The lowest BCUT2D eigenvalue weighted by Gasteiger charge is -2.19. The van der Waals surface area contributed by atoms with E-state index < -0.39 is 29.7 Å². The van der Waals surface area contributed by atoms with Gasteiger partial charge in [0, 0.05) is 12.6 Å². The van der Waals surface area contributed by atoms with Crippen LogP contribution in [0.1, 0.15) is 31.4 Å². The summed E-state index contributed by atoms with van der Waals surface area (Å²) in [5.74, 6) is -2.31. The van der Waals surface area contributed by atoms with Gasteiger partial charge in [-0.3, -0.25) is 9.69 Å². The number of nitrogens with zero attached hydrogens (tertiary/aromatic N) is 1. The molecule has 3 N–H and O–H groups in total. The second-order valence-corrected chi connectivity index (χ2v) is 5.02. The largest absolute Gasteiger partial charge is 0.326 e. The minimum absolute atomic E-state index is 0.0735. The van der Waals surface area contributed by atoms with Crippen LogP contribution >= 0.6 is 0 Å². The molecule has 0 aliphatic carbocycles. The molecule has 1 fully saturated rings. The van der Waals surface area contributed by atoms with Crippen LogP contribution in [0, 0.1) is 11.6 Å². The van der Waals surface area contributed by atoms with Crippen molar-refractivity contribution in [1.29, 1.82) is 0 Å². The lowest BCUT2D eigenvalue weighted by atomic mass is 10.1. The van der Waals surface area contributed by atoms with Crippen LogP contribution in [0.3, 0.4) is 0 Å². The highest BCUT2D eigenvalue weighted by molar-refractivity contribution is 6.04. The van der Waals surface area contributed by atoms with Gasteiger partial charge in [-0.25, -0.2) is 13.6 Å². The summed E-state index contributed by atoms with van der Waals surface area (Å²) in [6.07, 6.45) is 1.32. The molecule has 7 heteroatoms. The highest BCUT2D eigenvalue weighted by Gasteiger charge is 2.38. The van der Waals surface area contributed by atoms with Crippen molar-refractivity contribution >= 4 is 11.9 Å². The van der Waals surface area contributed by atoms with Crippen LogP contribution in [0.15, 0.2) is 18.2 Å². The third-order valence-corrected chi connectivity index (χ3v) is 3.44. The van der Waals surface area contributed by atoms with Gasteiger partial charge in [0.05, 0.1) is 0 Å². The van der Waals surface area contributed by atoms with E-state index in [1.165, 1.54) is 6.07 Å². The number of hydrogen-bond acceptors (Lipinski definition) is 3. The third kappa shape index (κ3) is 3.18. The number of halogens is 2. The van der Waals surface area contributed by atoms with Crippen molar-refractivity contribution in [2.24, 2.45) is 5.73 Å². The van der Waals surface area contributed by atoms with Crippen molar-refractivity contribution in [2.45, 2.75) is 31.8 Å². The Kier molecular flexibility index (Phi) is 4.52. The molecule has 114 valence electrons. The van der Waals surface area contributed by atoms with E-state index in [4.69, 9.17) is 5.73 Å². The van der Waals surface area contributed by atoms with E-state index >= 15 is 0 Å². The van der Waals surface area contributed by atoms with Gasteiger partial charge in [-0.15, -0.1) is 0 Å². The van der Waals surface area contributed by atoms with Crippen molar-refractivity contribution < 1.29 is 18.4 Å². The van der Waals surface area contributed by atoms with E-state index in [0.29, 0.717) is 12.0 Å². The zero-order valence-corrected chi connectivity index (χ0v) is 11.6. The maximum atomic E-state index is 13.2. The zero-order valence-electron chi connectivity index (χ0n) is 11.6. The number of carbonyl (C=O) groups is 2. The average Bonchev–Trinajstić information content (AvgIpc) is 2.70. The monoisotopic (exact) mass is 297 g/mol. The minimum Gasteiger partial charge on any atom is -0.326 e. The number of carbonyl (C=O) groups excluding carboxylic acids is 2. The fourth-order valence-corrected chi connectivity index (χ4v) is 2.28. The first kappa shape index (κ1) is 15.4. The predicted octanol–water partition coefficient (Wildman–Crippen LogP) is 1.69. The fourth-order valence-electron chi connectivity index (χ4n) is 2.28. The first-order valence-corrected chi connectivity index (χ1v) is 6.76. The molecule has 1 aliphatic rings. The predicted molar refractivity (Wildman–Crippen MR) is 72.2 cm³/mol. The average molecular weight is 297 g/mol. The molecule has 1 aromatic rings. The van der Waals surface area contributed by atoms with Crippen molar-refractivity contribution in [2.75, 3.05) is 6.54 Å². The first-order chi connectivity index (χ1) is 9.93. The maximum absolute atomic E-state index is 13.2. The van der Waals surface area contributed by atoms with E-state index in [2.05, 4.69) is 5.32 Å². The Morgan fingerprint density at radius 2 is 2.05 bits per heavy atom. The molecule has 1 heterocycles. The number of imide groups is 1. The Balaban J connectivity index is 2.08. The molecule has 3 amide bonds.